The fourth-order valence-corrected chi connectivity index (χ4v) is 2.92. The van der Waals surface area contributed by atoms with Crippen molar-refractivity contribution in [1.82, 2.24) is 15.1 Å². The molecule has 0 aliphatic carbocycles. The van der Waals surface area contributed by atoms with Gasteiger partial charge in [0.05, 0.1) is 6.54 Å². The molecule has 1 amide bonds. The van der Waals surface area contributed by atoms with Crippen LogP contribution in [-0.2, 0) is 11.3 Å². The summed E-state index contributed by atoms with van der Waals surface area (Å²) in [6.45, 7) is 5.58. The first kappa shape index (κ1) is 24.6. The van der Waals surface area contributed by atoms with Gasteiger partial charge >= 0.3 is 0 Å². The highest BCUT2D eigenvalue weighted by atomic mass is 79.9. The van der Waals surface area contributed by atoms with Gasteiger partial charge in [0, 0.05) is 49.3 Å². The summed E-state index contributed by atoms with van der Waals surface area (Å²) in [4.78, 5) is 16.1. The lowest BCUT2D eigenvalue weighted by molar-refractivity contribution is -0.122. The van der Waals surface area contributed by atoms with E-state index in [4.69, 9.17) is 5.73 Å². The number of hydrogen-bond donors (Lipinski definition) is 2. The molecule has 25 heavy (non-hydrogen) atoms. The number of carbonyl (C=O) groups excluding carboxylic acids is 1. The molecular formula is C16H26BrCl2FN4O. The molecule has 1 aliphatic rings. The van der Waals surface area contributed by atoms with Gasteiger partial charge in [-0.2, -0.15) is 0 Å². The molecule has 0 radical (unpaired) electrons. The minimum atomic E-state index is -0.180. The summed E-state index contributed by atoms with van der Waals surface area (Å²) in [6, 6.07) is 5.17. The van der Waals surface area contributed by atoms with Gasteiger partial charge in [-0.15, -0.1) is 24.8 Å². The standard InChI is InChI=1S/C16H24BrFN4O.2ClH/c17-14-3-2-13(15(18)10-14)11-21-6-8-22(9-7-21)12-16(23)20-5-1-4-19;;/h2-3,10H,1,4-9,11-12,19H2,(H,20,23);2*1H. The Kier molecular flexibility index (Phi) is 12.6. The predicted octanol–water partition coefficient (Wildman–Crippen LogP) is 2.01. The maximum Gasteiger partial charge on any atom is 0.234 e. The van der Waals surface area contributed by atoms with E-state index in [9.17, 15) is 9.18 Å². The van der Waals surface area contributed by atoms with Crippen LogP contribution in [0.25, 0.3) is 0 Å². The number of benzene rings is 1. The molecule has 1 heterocycles. The Hall–Kier alpha value is -0.440. The molecule has 2 rings (SSSR count). The van der Waals surface area contributed by atoms with Crippen LogP contribution in [0, 0.1) is 5.82 Å². The maximum atomic E-state index is 13.9. The van der Waals surface area contributed by atoms with Crippen molar-refractivity contribution in [3.63, 3.8) is 0 Å². The Morgan fingerprint density at radius 2 is 1.84 bits per heavy atom. The van der Waals surface area contributed by atoms with Gasteiger partial charge in [-0.3, -0.25) is 14.6 Å². The molecule has 1 aromatic rings. The molecular weight excluding hydrogens is 434 g/mol. The molecule has 0 unspecified atom stereocenters. The van der Waals surface area contributed by atoms with Crippen LogP contribution in [0.4, 0.5) is 4.39 Å². The van der Waals surface area contributed by atoms with Gasteiger partial charge in [-0.25, -0.2) is 4.39 Å². The van der Waals surface area contributed by atoms with E-state index < -0.39 is 0 Å². The highest BCUT2D eigenvalue weighted by molar-refractivity contribution is 9.10. The minimum absolute atomic E-state index is 0. The zero-order valence-electron chi connectivity index (χ0n) is 14.0. The predicted molar refractivity (Wildman–Crippen MR) is 107 cm³/mol. The van der Waals surface area contributed by atoms with Gasteiger partial charge < -0.3 is 11.1 Å². The van der Waals surface area contributed by atoms with Crippen LogP contribution < -0.4 is 11.1 Å². The lowest BCUT2D eigenvalue weighted by atomic mass is 10.2. The first-order valence-electron chi connectivity index (χ1n) is 7.94. The van der Waals surface area contributed by atoms with Crippen LogP contribution >= 0.6 is 40.7 Å². The fourth-order valence-electron chi connectivity index (χ4n) is 2.59. The molecule has 0 spiro atoms. The molecule has 1 fully saturated rings. The lowest BCUT2D eigenvalue weighted by Gasteiger charge is -2.34. The topological polar surface area (TPSA) is 61.6 Å². The lowest BCUT2D eigenvalue weighted by Crippen LogP contribution is -2.49. The number of nitrogens with zero attached hydrogens (tertiary/aromatic N) is 2. The largest absolute Gasteiger partial charge is 0.355 e. The fraction of sp³-hybridized carbons (Fsp3) is 0.562. The van der Waals surface area contributed by atoms with Crippen molar-refractivity contribution in [3.05, 3.63) is 34.1 Å². The molecule has 0 saturated carbocycles. The van der Waals surface area contributed by atoms with Crippen LogP contribution in [0.2, 0.25) is 0 Å². The molecule has 1 saturated heterocycles. The van der Waals surface area contributed by atoms with Crippen LogP contribution in [0.1, 0.15) is 12.0 Å². The number of hydrogen-bond acceptors (Lipinski definition) is 4. The first-order chi connectivity index (χ1) is 11.1. The van der Waals surface area contributed by atoms with Gasteiger partial charge in [0.25, 0.3) is 0 Å². The van der Waals surface area contributed by atoms with E-state index in [1.165, 1.54) is 6.07 Å². The molecule has 3 N–H and O–H groups in total. The third-order valence-electron chi connectivity index (χ3n) is 3.94. The van der Waals surface area contributed by atoms with E-state index in [0.29, 0.717) is 31.7 Å². The van der Waals surface area contributed by atoms with Crippen molar-refractivity contribution in [1.29, 1.82) is 0 Å². The number of nitrogens with two attached hydrogens (primary N) is 1. The number of rotatable bonds is 7. The third-order valence-corrected chi connectivity index (χ3v) is 4.44. The monoisotopic (exact) mass is 458 g/mol. The van der Waals surface area contributed by atoms with Crippen molar-refractivity contribution in [2.45, 2.75) is 13.0 Å². The van der Waals surface area contributed by atoms with E-state index in [1.807, 2.05) is 12.1 Å². The Balaban J connectivity index is 0.00000288. The Labute approximate surface area is 169 Å². The van der Waals surface area contributed by atoms with Gasteiger partial charge in [0.15, 0.2) is 0 Å². The van der Waals surface area contributed by atoms with Gasteiger partial charge in [-0.1, -0.05) is 22.0 Å². The summed E-state index contributed by atoms with van der Waals surface area (Å²) < 4.78 is 14.6. The minimum Gasteiger partial charge on any atom is -0.355 e. The second kappa shape index (κ2) is 12.8. The van der Waals surface area contributed by atoms with Crippen LogP contribution in [0.3, 0.4) is 0 Å². The number of halogens is 4. The van der Waals surface area contributed by atoms with Crippen molar-refractivity contribution < 1.29 is 9.18 Å². The zero-order chi connectivity index (χ0) is 16.7. The van der Waals surface area contributed by atoms with E-state index >= 15 is 0 Å². The molecule has 1 aromatic carbocycles. The Morgan fingerprint density at radius 3 is 2.44 bits per heavy atom. The van der Waals surface area contributed by atoms with E-state index in [0.717, 1.165) is 37.1 Å². The number of amides is 1. The van der Waals surface area contributed by atoms with Crippen LogP contribution in [-0.4, -0.2) is 61.5 Å². The van der Waals surface area contributed by atoms with Crippen molar-refractivity contribution in [2.24, 2.45) is 5.73 Å². The summed E-state index contributed by atoms with van der Waals surface area (Å²) >= 11 is 3.27. The van der Waals surface area contributed by atoms with Crippen LogP contribution in [0.5, 0.6) is 0 Å². The molecule has 144 valence electrons. The van der Waals surface area contributed by atoms with Crippen molar-refractivity contribution in [3.8, 4) is 0 Å². The molecule has 0 atom stereocenters. The van der Waals surface area contributed by atoms with Crippen molar-refractivity contribution >= 4 is 46.7 Å². The molecule has 0 aromatic heterocycles. The van der Waals surface area contributed by atoms with E-state index in [1.54, 1.807) is 0 Å². The molecule has 5 nitrogen and oxygen atoms in total. The summed E-state index contributed by atoms with van der Waals surface area (Å²) in [5.74, 6) is -0.132. The highest BCUT2D eigenvalue weighted by Crippen LogP contribution is 2.17. The summed E-state index contributed by atoms with van der Waals surface area (Å²) in [5, 5.41) is 2.87. The van der Waals surface area contributed by atoms with Crippen molar-refractivity contribution in [2.75, 3.05) is 45.8 Å². The molecule has 1 aliphatic heterocycles. The van der Waals surface area contributed by atoms with Crippen LogP contribution in [0.15, 0.2) is 22.7 Å². The van der Waals surface area contributed by atoms with E-state index in [2.05, 4.69) is 31.0 Å². The maximum absolute atomic E-state index is 13.9. The summed E-state index contributed by atoms with van der Waals surface area (Å²) in [6.07, 6.45) is 0.804. The average Bonchev–Trinajstić information content (AvgIpc) is 2.52. The Morgan fingerprint density at radius 1 is 1.20 bits per heavy atom. The summed E-state index contributed by atoms with van der Waals surface area (Å²) in [5.41, 5.74) is 6.11. The first-order valence-corrected chi connectivity index (χ1v) is 8.73. The highest BCUT2D eigenvalue weighted by Gasteiger charge is 2.19. The van der Waals surface area contributed by atoms with Gasteiger partial charge in [0.1, 0.15) is 5.82 Å². The normalized spacial score (nSPS) is 15.2. The SMILES string of the molecule is Cl.Cl.NCCCNC(=O)CN1CCN(Cc2ccc(Br)cc2F)CC1. The Bertz CT molecular complexity index is 531. The number of piperazine rings is 1. The summed E-state index contributed by atoms with van der Waals surface area (Å²) in [7, 11) is 0. The van der Waals surface area contributed by atoms with Gasteiger partial charge in [0.2, 0.25) is 5.91 Å². The average molecular weight is 460 g/mol. The molecule has 0 bridgehead atoms. The smallest absolute Gasteiger partial charge is 0.234 e. The second-order valence-electron chi connectivity index (χ2n) is 5.78. The van der Waals surface area contributed by atoms with E-state index in [-0.39, 0.29) is 36.5 Å². The second-order valence-corrected chi connectivity index (χ2v) is 6.70. The number of nitrogens with one attached hydrogen (secondary N) is 1. The molecule has 9 heteroatoms. The quantitative estimate of drug-likeness (QED) is 0.612. The zero-order valence-corrected chi connectivity index (χ0v) is 17.3. The third kappa shape index (κ3) is 8.66. The number of carbonyl (C=O) groups is 1. The van der Waals surface area contributed by atoms with Gasteiger partial charge in [-0.05, 0) is 25.1 Å².